The highest BCUT2D eigenvalue weighted by Crippen LogP contribution is 2.43. The van der Waals surface area contributed by atoms with Crippen molar-refractivity contribution in [3.05, 3.63) is 29.8 Å². The molecule has 1 aromatic carbocycles. The van der Waals surface area contributed by atoms with Gasteiger partial charge in [0, 0.05) is 11.3 Å². The van der Waals surface area contributed by atoms with Crippen LogP contribution in [0, 0.1) is 0 Å². The van der Waals surface area contributed by atoms with Crippen LogP contribution in [-0.2, 0) is 24.0 Å². The van der Waals surface area contributed by atoms with E-state index in [4.69, 9.17) is 24.5 Å². The lowest BCUT2D eigenvalue weighted by Gasteiger charge is -2.25. The standard InChI is InChI=1S/C14H22N2O5S/c1-3-14(4-2)20-12(9-19-22(16,17)18)13(21-14)10-7-5-6-8-11(10)15/h5-8,12-13H,3-4,9,15H2,1-2H3,(H2,16,17,18)/t12-,13-/m0/s1. The van der Waals surface area contributed by atoms with Gasteiger partial charge in [0.1, 0.15) is 12.2 Å². The fourth-order valence-electron chi connectivity index (χ4n) is 2.57. The monoisotopic (exact) mass is 330 g/mol. The molecule has 124 valence electrons. The van der Waals surface area contributed by atoms with Gasteiger partial charge in [-0.2, -0.15) is 8.42 Å². The van der Waals surface area contributed by atoms with Crippen LogP contribution in [0.15, 0.2) is 24.3 Å². The lowest BCUT2D eigenvalue weighted by molar-refractivity contribution is -0.181. The molecule has 0 aromatic heterocycles. The summed E-state index contributed by atoms with van der Waals surface area (Å²) in [7, 11) is -4.04. The number of hydrogen-bond acceptors (Lipinski definition) is 6. The molecule has 0 radical (unpaired) electrons. The molecule has 0 saturated carbocycles. The lowest BCUT2D eigenvalue weighted by atomic mass is 10.0. The van der Waals surface area contributed by atoms with Crippen molar-refractivity contribution in [3.8, 4) is 0 Å². The molecule has 1 aliphatic heterocycles. The number of rotatable bonds is 6. The molecule has 0 aliphatic carbocycles. The molecule has 0 bridgehead atoms. The van der Waals surface area contributed by atoms with E-state index in [1.54, 1.807) is 6.07 Å². The minimum Gasteiger partial charge on any atom is -0.398 e. The van der Waals surface area contributed by atoms with Crippen LogP contribution in [0.1, 0.15) is 38.4 Å². The molecular formula is C14H22N2O5S. The molecule has 0 spiro atoms. The van der Waals surface area contributed by atoms with E-state index in [2.05, 4.69) is 0 Å². The van der Waals surface area contributed by atoms with E-state index in [1.165, 1.54) is 0 Å². The first-order valence-corrected chi connectivity index (χ1v) is 8.64. The van der Waals surface area contributed by atoms with E-state index in [-0.39, 0.29) is 6.61 Å². The maximum Gasteiger partial charge on any atom is 0.333 e. The topological polar surface area (TPSA) is 114 Å². The van der Waals surface area contributed by atoms with Crippen molar-refractivity contribution >= 4 is 16.0 Å². The largest absolute Gasteiger partial charge is 0.398 e. The first kappa shape index (κ1) is 17.2. The summed E-state index contributed by atoms with van der Waals surface area (Å²) < 4.78 is 38.8. The molecule has 4 N–H and O–H groups in total. The van der Waals surface area contributed by atoms with Gasteiger partial charge in [-0.05, 0) is 18.9 Å². The molecule has 8 heteroatoms. The Morgan fingerprint density at radius 2 is 1.86 bits per heavy atom. The quantitative estimate of drug-likeness (QED) is 0.763. The third-order valence-corrected chi connectivity index (χ3v) is 4.29. The zero-order valence-corrected chi connectivity index (χ0v) is 13.5. The van der Waals surface area contributed by atoms with Gasteiger partial charge in [-0.25, -0.2) is 5.14 Å². The lowest BCUT2D eigenvalue weighted by Crippen LogP contribution is -2.31. The van der Waals surface area contributed by atoms with Crippen LogP contribution in [0.5, 0.6) is 0 Å². The third kappa shape index (κ3) is 3.76. The Morgan fingerprint density at radius 3 is 2.41 bits per heavy atom. The molecule has 2 rings (SSSR count). The summed E-state index contributed by atoms with van der Waals surface area (Å²) in [5, 5.41) is 4.89. The van der Waals surface area contributed by atoms with Gasteiger partial charge in [0.2, 0.25) is 0 Å². The SMILES string of the molecule is CCC1(CC)O[C@@H](COS(N)(=O)=O)[C@H](c2ccccc2N)O1. The Bertz CT molecular complexity index is 615. The van der Waals surface area contributed by atoms with E-state index in [1.807, 2.05) is 32.0 Å². The second-order valence-electron chi connectivity index (χ2n) is 5.22. The van der Waals surface area contributed by atoms with E-state index in [9.17, 15) is 8.42 Å². The van der Waals surface area contributed by atoms with E-state index in [0.717, 1.165) is 5.56 Å². The van der Waals surface area contributed by atoms with Crippen molar-refractivity contribution in [1.29, 1.82) is 0 Å². The van der Waals surface area contributed by atoms with Crippen LogP contribution >= 0.6 is 0 Å². The molecule has 1 fully saturated rings. The number of nitrogen functional groups attached to an aromatic ring is 1. The number of para-hydroxylation sites is 1. The maximum atomic E-state index is 11.0. The van der Waals surface area contributed by atoms with Gasteiger partial charge in [0.05, 0.1) is 6.61 Å². The van der Waals surface area contributed by atoms with Gasteiger partial charge in [-0.15, -0.1) is 0 Å². The fraction of sp³-hybridized carbons (Fsp3) is 0.571. The first-order chi connectivity index (χ1) is 10.3. The van der Waals surface area contributed by atoms with Crippen LogP contribution in [0.3, 0.4) is 0 Å². The predicted molar refractivity (Wildman–Crippen MR) is 81.9 cm³/mol. The summed E-state index contributed by atoms with van der Waals surface area (Å²) in [6.07, 6.45) is 0.128. The van der Waals surface area contributed by atoms with Gasteiger partial charge in [0.15, 0.2) is 5.79 Å². The summed E-state index contributed by atoms with van der Waals surface area (Å²) in [5.74, 6) is -0.778. The average Bonchev–Trinajstić information content (AvgIpc) is 2.85. The summed E-state index contributed by atoms with van der Waals surface area (Å²) in [6, 6.07) is 7.24. The van der Waals surface area contributed by atoms with Crippen molar-refractivity contribution in [2.75, 3.05) is 12.3 Å². The van der Waals surface area contributed by atoms with Gasteiger partial charge < -0.3 is 15.2 Å². The van der Waals surface area contributed by atoms with Crippen molar-refractivity contribution in [2.45, 2.75) is 44.7 Å². The first-order valence-electron chi connectivity index (χ1n) is 7.17. The molecule has 0 unspecified atom stereocenters. The Labute approximate surface area is 130 Å². The molecule has 1 aliphatic rings. The molecule has 7 nitrogen and oxygen atoms in total. The highest BCUT2D eigenvalue weighted by atomic mass is 32.2. The van der Waals surface area contributed by atoms with Crippen LogP contribution in [0.2, 0.25) is 0 Å². The predicted octanol–water partition coefficient (Wildman–Crippen LogP) is 1.46. The molecule has 1 heterocycles. The zero-order valence-electron chi connectivity index (χ0n) is 12.7. The summed E-state index contributed by atoms with van der Waals surface area (Å²) in [6.45, 7) is 3.66. The molecule has 0 amide bonds. The molecule has 1 aromatic rings. The van der Waals surface area contributed by atoms with Crippen molar-refractivity contribution in [3.63, 3.8) is 0 Å². The van der Waals surface area contributed by atoms with Crippen LogP contribution in [-0.4, -0.2) is 26.9 Å². The van der Waals surface area contributed by atoms with E-state index >= 15 is 0 Å². The van der Waals surface area contributed by atoms with E-state index in [0.29, 0.717) is 18.5 Å². The Morgan fingerprint density at radius 1 is 1.23 bits per heavy atom. The highest BCUT2D eigenvalue weighted by Gasteiger charge is 2.46. The van der Waals surface area contributed by atoms with E-state index < -0.39 is 28.3 Å². The zero-order chi connectivity index (χ0) is 16.4. The van der Waals surface area contributed by atoms with Crippen LogP contribution < -0.4 is 10.9 Å². The fourth-order valence-corrected chi connectivity index (χ4v) is 2.90. The maximum absolute atomic E-state index is 11.0. The number of nitrogens with two attached hydrogens (primary N) is 2. The van der Waals surface area contributed by atoms with Gasteiger partial charge in [-0.1, -0.05) is 32.0 Å². The second kappa shape index (κ2) is 6.51. The number of anilines is 1. The minimum atomic E-state index is -4.04. The summed E-state index contributed by atoms with van der Waals surface area (Å²) in [5.41, 5.74) is 7.30. The van der Waals surface area contributed by atoms with Crippen molar-refractivity contribution in [1.82, 2.24) is 0 Å². The molecule has 2 atom stereocenters. The second-order valence-corrected chi connectivity index (χ2v) is 6.44. The average molecular weight is 330 g/mol. The van der Waals surface area contributed by atoms with Gasteiger partial charge >= 0.3 is 10.3 Å². The van der Waals surface area contributed by atoms with Crippen molar-refractivity contribution < 1.29 is 22.1 Å². The van der Waals surface area contributed by atoms with Crippen LogP contribution in [0.25, 0.3) is 0 Å². The normalized spacial score (nSPS) is 24.5. The van der Waals surface area contributed by atoms with Crippen LogP contribution in [0.4, 0.5) is 5.69 Å². The van der Waals surface area contributed by atoms with Gasteiger partial charge in [-0.3, -0.25) is 4.18 Å². The summed E-state index contributed by atoms with van der Waals surface area (Å²) >= 11 is 0. The Kier molecular flexibility index (Phi) is 5.08. The third-order valence-electron chi connectivity index (χ3n) is 3.82. The number of hydrogen-bond donors (Lipinski definition) is 2. The minimum absolute atomic E-state index is 0.223. The number of ether oxygens (including phenoxy) is 2. The molecule has 22 heavy (non-hydrogen) atoms. The highest BCUT2D eigenvalue weighted by molar-refractivity contribution is 7.84. The smallest absolute Gasteiger partial charge is 0.333 e. The van der Waals surface area contributed by atoms with Gasteiger partial charge in [0.25, 0.3) is 0 Å². The molecular weight excluding hydrogens is 308 g/mol. The Balaban J connectivity index is 2.29. The summed E-state index contributed by atoms with van der Waals surface area (Å²) in [4.78, 5) is 0. The molecule has 1 saturated heterocycles. The number of benzene rings is 1. The van der Waals surface area contributed by atoms with Crippen molar-refractivity contribution in [2.24, 2.45) is 5.14 Å². The Hall–Kier alpha value is -1.19.